The van der Waals surface area contributed by atoms with Gasteiger partial charge in [0, 0.05) is 19.4 Å². The molecule has 0 saturated carbocycles. The number of carboxylic acid groups (broad SMARTS) is 1. The molecule has 1 amide bonds. The molecule has 0 unspecified atom stereocenters. The summed E-state index contributed by atoms with van der Waals surface area (Å²) in [7, 11) is 1.59. The molecule has 0 bridgehead atoms. The van der Waals surface area contributed by atoms with Gasteiger partial charge in [-0.15, -0.1) is 0 Å². The van der Waals surface area contributed by atoms with Crippen LogP contribution in [0.4, 0.5) is 4.39 Å². The van der Waals surface area contributed by atoms with Gasteiger partial charge in [0.15, 0.2) is 0 Å². The van der Waals surface area contributed by atoms with Crippen molar-refractivity contribution in [2.24, 2.45) is 0 Å². The number of benzene rings is 3. The molecule has 1 aliphatic heterocycles. The van der Waals surface area contributed by atoms with Crippen LogP contribution in [0, 0.1) is 5.82 Å². The number of nitrogens with zero attached hydrogens (tertiary/aromatic N) is 1. The van der Waals surface area contributed by atoms with Crippen LogP contribution in [0.3, 0.4) is 0 Å². The van der Waals surface area contributed by atoms with Gasteiger partial charge in [0.1, 0.15) is 29.5 Å². The molecule has 0 saturated heterocycles. The molecule has 6 nitrogen and oxygen atoms in total. The lowest BCUT2D eigenvalue weighted by atomic mass is 9.91. The first-order valence-electron chi connectivity index (χ1n) is 11.9. The van der Waals surface area contributed by atoms with Gasteiger partial charge >= 0.3 is 5.97 Å². The van der Waals surface area contributed by atoms with E-state index in [1.165, 1.54) is 11.0 Å². The summed E-state index contributed by atoms with van der Waals surface area (Å²) in [5.41, 5.74) is 2.72. The van der Waals surface area contributed by atoms with Crippen LogP contribution in [0.25, 0.3) is 0 Å². The largest absolute Gasteiger partial charge is 0.497 e. The van der Waals surface area contributed by atoms with Crippen LogP contribution in [0.2, 0.25) is 0 Å². The summed E-state index contributed by atoms with van der Waals surface area (Å²) in [6.45, 7) is 1.88. The zero-order chi connectivity index (χ0) is 25.7. The van der Waals surface area contributed by atoms with Crippen LogP contribution in [-0.2, 0) is 35.3 Å². The predicted octanol–water partition coefficient (Wildman–Crippen LogP) is 4.47. The Morgan fingerprint density at radius 1 is 1.08 bits per heavy atom. The SMILES string of the molecule is COc1cccc(CCN(CC(=O)O)C(=O)Cc2ccc3c(c2)C[C@](C)(Cc2ccccc2F)O3)c1. The lowest BCUT2D eigenvalue weighted by molar-refractivity contribution is -0.144. The minimum absolute atomic E-state index is 0.0860. The average molecular weight is 492 g/mol. The van der Waals surface area contributed by atoms with Crippen LogP contribution in [0.15, 0.2) is 66.7 Å². The predicted molar refractivity (Wildman–Crippen MR) is 134 cm³/mol. The van der Waals surface area contributed by atoms with Gasteiger partial charge in [0.05, 0.1) is 13.5 Å². The molecule has 1 N–H and O–H groups in total. The minimum Gasteiger partial charge on any atom is -0.497 e. The highest BCUT2D eigenvalue weighted by atomic mass is 19.1. The van der Waals surface area contributed by atoms with E-state index in [9.17, 15) is 19.1 Å². The molecule has 0 spiro atoms. The maximum absolute atomic E-state index is 14.2. The average Bonchev–Trinajstić information content (AvgIpc) is 3.18. The first-order valence-corrected chi connectivity index (χ1v) is 11.9. The number of hydrogen-bond donors (Lipinski definition) is 1. The van der Waals surface area contributed by atoms with E-state index in [0.29, 0.717) is 30.6 Å². The van der Waals surface area contributed by atoms with Crippen LogP contribution in [0.1, 0.15) is 29.2 Å². The number of rotatable bonds is 10. The van der Waals surface area contributed by atoms with Crippen LogP contribution < -0.4 is 9.47 Å². The number of hydrogen-bond acceptors (Lipinski definition) is 4. The van der Waals surface area contributed by atoms with E-state index in [1.807, 2.05) is 55.5 Å². The van der Waals surface area contributed by atoms with Gasteiger partial charge in [-0.3, -0.25) is 9.59 Å². The van der Waals surface area contributed by atoms with Crippen molar-refractivity contribution in [2.45, 2.75) is 38.2 Å². The van der Waals surface area contributed by atoms with Crippen molar-refractivity contribution in [1.29, 1.82) is 0 Å². The number of carboxylic acids is 1. The molecule has 0 aliphatic carbocycles. The molecule has 3 aromatic carbocycles. The second kappa shape index (κ2) is 10.8. The number of amides is 1. The van der Waals surface area contributed by atoms with Gasteiger partial charge < -0.3 is 19.5 Å². The van der Waals surface area contributed by atoms with Crippen molar-refractivity contribution < 1.29 is 28.6 Å². The molecule has 0 fully saturated rings. The lowest BCUT2D eigenvalue weighted by Crippen LogP contribution is -2.38. The van der Waals surface area contributed by atoms with Gasteiger partial charge in [-0.05, 0) is 59.9 Å². The Bertz CT molecular complexity index is 1260. The third kappa shape index (κ3) is 6.22. The van der Waals surface area contributed by atoms with E-state index in [0.717, 1.165) is 22.4 Å². The van der Waals surface area contributed by atoms with Crippen molar-refractivity contribution in [3.8, 4) is 11.5 Å². The third-order valence-electron chi connectivity index (χ3n) is 6.41. The summed E-state index contributed by atoms with van der Waals surface area (Å²) < 4.78 is 25.6. The van der Waals surface area contributed by atoms with Crippen molar-refractivity contribution >= 4 is 11.9 Å². The molecule has 188 valence electrons. The maximum atomic E-state index is 14.2. The van der Waals surface area contributed by atoms with Gasteiger partial charge in [0.2, 0.25) is 5.91 Å². The molecule has 1 aliphatic rings. The Balaban J connectivity index is 1.42. The Hall–Kier alpha value is -3.87. The fourth-order valence-electron chi connectivity index (χ4n) is 4.66. The summed E-state index contributed by atoms with van der Waals surface area (Å²) in [6.07, 6.45) is 1.62. The van der Waals surface area contributed by atoms with E-state index in [1.54, 1.807) is 19.2 Å². The molecule has 1 atom stereocenters. The fraction of sp³-hybridized carbons (Fsp3) is 0.310. The van der Waals surface area contributed by atoms with Crippen LogP contribution in [-0.4, -0.2) is 47.7 Å². The number of halogens is 1. The molecular formula is C29H30FNO5. The highest BCUT2D eigenvalue weighted by molar-refractivity contribution is 5.83. The molecule has 0 radical (unpaired) electrons. The topological polar surface area (TPSA) is 76.1 Å². The number of aliphatic carboxylic acids is 1. The number of carbonyl (C=O) groups is 2. The van der Waals surface area contributed by atoms with Crippen LogP contribution >= 0.6 is 0 Å². The summed E-state index contributed by atoms with van der Waals surface area (Å²) >= 11 is 0. The molecular weight excluding hydrogens is 461 g/mol. The standard InChI is InChI=1S/C29H30FNO5/c1-29(17-22-7-3-4-9-25(22)30)18-23-14-21(10-11-26(23)36-29)16-27(32)31(19-28(33)34)13-12-20-6-5-8-24(15-20)35-2/h3-11,14-15H,12-13,16-19H2,1-2H3,(H,33,34)/t29-/m0/s1. The number of methoxy groups -OCH3 is 1. The number of carbonyl (C=O) groups excluding carboxylic acids is 1. The number of ether oxygens (including phenoxy) is 2. The highest BCUT2D eigenvalue weighted by Gasteiger charge is 2.35. The Morgan fingerprint density at radius 2 is 1.89 bits per heavy atom. The third-order valence-corrected chi connectivity index (χ3v) is 6.41. The smallest absolute Gasteiger partial charge is 0.323 e. The molecule has 7 heteroatoms. The lowest BCUT2D eigenvalue weighted by Gasteiger charge is -2.24. The van der Waals surface area contributed by atoms with E-state index < -0.39 is 11.6 Å². The van der Waals surface area contributed by atoms with E-state index >= 15 is 0 Å². The van der Waals surface area contributed by atoms with Gasteiger partial charge in [-0.2, -0.15) is 0 Å². The van der Waals surface area contributed by atoms with E-state index in [2.05, 4.69) is 0 Å². The molecule has 1 heterocycles. The number of fused-ring (bicyclic) bond motifs is 1. The Labute approximate surface area is 210 Å². The zero-order valence-corrected chi connectivity index (χ0v) is 20.5. The minimum atomic E-state index is -1.06. The molecule has 36 heavy (non-hydrogen) atoms. The quantitative estimate of drug-likeness (QED) is 0.453. The maximum Gasteiger partial charge on any atom is 0.323 e. The fourth-order valence-corrected chi connectivity index (χ4v) is 4.66. The van der Waals surface area contributed by atoms with Crippen molar-refractivity contribution in [2.75, 3.05) is 20.2 Å². The molecule has 3 aromatic rings. The normalized spacial score (nSPS) is 16.2. The second-order valence-corrected chi connectivity index (χ2v) is 9.43. The second-order valence-electron chi connectivity index (χ2n) is 9.43. The molecule has 4 rings (SSSR count). The van der Waals surface area contributed by atoms with Gasteiger partial charge in [-0.25, -0.2) is 4.39 Å². The van der Waals surface area contributed by atoms with E-state index in [-0.39, 0.29) is 31.2 Å². The van der Waals surface area contributed by atoms with Crippen LogP contribution in [0.5, 0.6) is 11.5 Å². The van der Waals surface area contributed by atoms with E-state index in [4.69, 9.17) is 9.47 Å². The first-order chi connectivity index (χ1) is 17.2. The summed E-state index contributed by atoms with van der Waals surface area (Å²) in [6, 6.07) is 19.8. The molecule has 0 aromatic heterocycles. The highest BCUT2D eigenvalue weighted by Crippen LogP contribution is 2.38. The summed E-state index contributed by atoms with van der Waals surface area (Å²) in [5, 5.41) is 9.35. The van der Waals surface area contributed by atoms with Gasteiger partial charge in [0.25, 0.3) is 0 Å². The first kappa shape index (κ1) is 25.2. The van der Waals surface area contributed by atoms with Crippen molar-refractivity contribution in [3.63, 3.8) is 0 Å². The summed E-state index contributed by atoms with van der Waals surface area (Å²) in [4.78, 5) is 25.9. The van der Waals surface area contributed by atoms with Crippen molar-refractivity contribution in [3.05, 3.63) is 94.8 Å². The van der Waals surface area contributed by atoms with Gasteiger partial charge in [-0.1, -0.05) is 42.5 Å². The monoisotopic (exact) mass is 491 g/mol. The van der Waals surface area contributed by atoms with Crippen molar-refractivity contribution in [1.82, 2.24) is 4.90 Å². The zero-order valence-electron chi connectivity index (χ0n) is 20.5. The Kier molecular flexibility index (Phi) is 7.58. The summed E-state index contributed by atoms with van der Waals surface area (Å²) in [5.74, 6) is -0.123. The Morgan fingerprint density at radius 3 is 2.64 bits per heavy atom.